The van der Waals surface area contributed by atoms with Crippen molar-refractivity contribution in [1.82, 2.24) is 14.7 Å². The molecule has 0 radical (unpaired) electrons. The summed E-state index contributed by atoms with van der Waals surface area (Å²) in [6.07, 6.45) is 13.4. The Morgan fingerprint density at radius 1 is 0.658 bits per heavy atom. The van der Waals surface area contributed by atoms with E-state index in [-0.39, 0.29) is 0 Å². The number of hydrogen-bond donors (Lipinski definition) is 1. The monoisotopic (exact) mass is 518 g/mol. The van der Waals surface area contributed by atoms with E-state index in [1.165, 1.54) is 127 Å². The highest BCUT2D eigenvalue weighted by Gasteiger charge is 2.16. The van der Waals surface area contributed by atoms with Crippen LogP contribution in [-0.4, -0.2) is 80.2 Å². The zero-order chi connectivity index (χ0) is 25.8. The van der Waals surface area contributed by atoms with E-state index in [1.807, 2.05) is 0 Å². The molecule has 0 aliphatic carbocycles. The first-order valence-electron chi connectivity index (χ1n) is 15.6. The normalized spacial score (nSPS) is 19.9. The highest BCUT2D eigenvalue weighted by molar-refractivity contribution is 5.73. The minimum Gasteiger partial charge on any atom is -0.490 e. The molecule has 1 N–H and O–H groups in total. The third-order valence-corrected chi connectivity index (χ3v) is 8.68. The molecule has 0 aromatic heterocycles. The Labute approximate surface area is 231 Å². The minimum atomic E-state index is 0.751. The van der Waals surface area contributed by atoms with Gasteiger partial charge in [0.25, 0.3) is 0 Å². The second kappa shape index (κ2) is 14.9. The third kappa shape index (κ3) is 8.21. The van der Waals surface area contributed by atoms with Gasteiger partial charge in [-0.05, 0) is 120 Å². The lowest BCUT2D eigenvalue weighted by atomic mass is 9.98. The maximum atomic E-state index is 6.51. The Morgan fingerprint density at radius 3 is 2.00 bits per heavy atom. The quantitative estimate of drug-likeness (QED) is 0.325. The van der Waals surface area contributed by atoms with Gasteiger partial charge in [0.05, 0.1) is 5.69 Å². The first-order chi connectivity index (χ1) is 18.8. The van der Waals surface area contributed by atoms with Crippen LogP contribution in [0.25, 0.3) is 11.1 Å². The number of piperidine rings is 3. The van der Waals surface area contributed by atoms with Crippen LogP contribution in [0.4, 0.5) is 5.69 Å². The molecule has 0 amide bonds. The van der Waals surface area contributed by atoms with E-state index in [0.717, 1.165) is 37.7 Å². The van der Waals surface area contributed by atoms with Crippen molar-refractivity contribution < 1.29 is 4.74 Å². The molecule has 3 saturated heterocycles. The molecule has 0 saturated carbocycles. The molecule has 3 heterocycles. The average Bonchev–Trinajstić information content (AvgIpc) is 2.98. The number of anilines is 1. The van der Waals surface area contributed by atoms with Crippen molar-refractivity contribution in [3.63, 3.8) is 0 Å². The molecule has 5 nitrogen and oxygen atoms in total. The van der Waals surface area contributed by atoms with Crippen LogP contribution in [0.5, 0.6) is 5.75 Å². The van der Waals surface area contributed by atoms with Gasteiger partial charge in [0.1, 0.15) is 12.4 Å². The Bertz CT molecular complexity index is 961. The highest BCUT2D eigenvalue weighted by Crippen LogP contribution is 2.33. The molecule has 3 fully saturated rings. The summed E-state index contributed by atoms with van der Waals surface area (Å²) in [5, 5.41) is 3.73. The molecule has 2 aromatic carbocycles. The van der Waals surface area contributed by atoms with Crippen molar-refractivity contribution in [2.24, 2.45) is 0 Å². The van der Waals surface area contributed by atoms with Gasteiger partial charge >= 0.3 is 0 Å². The van der Waals surface area contributed by atoms with Crippen molar-refractivity contribution >= 4 is 5.69 Å². The number of likely N-dealkylation sites (tertiary alicyclic amines) is 3. The van der Waals surface area contributed by atoms with Crippen LogP contribution in [0.3, 0.4) is 0 Å². The fourth-order valence-electron chi connectivity index (χ4n) is 6.43. The molecule has 38 heavy (non-hydrogen) atoms. The van der Waals surface area contributed by atoms with Gasteiger partial charge < -0.3 is 15.0 Å². The van der Waals surface area contributed by atoms with Crippen molar-refractivity contribution in [3.8, 4) is 16.9 Å². The number of benzene rings is 2. The van der Waals surface area contributed by atoms with Crippen LogP contribution in [0.2, 0.25) is 0 Å². The molecule has 2 aromatic rings. The number of nitrogens with zero attached hydrogens (tertiary/aromatic N) is 3. The second-order valence-corrected chi connectivity index (χ2v) is 11.6. The molecule has 0 spiro atoms. The minimum absolute atomic E-state index is 0.751. The smallest absolute Gasteiger partial charge is 0.143 e. The van der Waals surface area contributed by atoms with Crippen LogP contribution in [0.1, 0.15) is 69.8 Å². The molecule has 0 atom stereocenters. The molecular weight excluding hydrogens is 468 g/mol. The van der Waals surface area contributed by atoms with Crippen molar-refractivity contribution in [3.05, 3.63) is 48.0 Å². The summed E-state index contributed by atoms with van der Waals surface area (Å²) in [7, 11) is 0. The van der Waals surface area contributed by atoms with Crippen LogP contribution >= 0.6 is 0 Å². The molecular formula is C33H50N4O. The standard InChI is InChI=1S/C33H50N4O/c1-6-18-35(19-7-1)24-12-17-34-32-16-15-29(27-33(32)38-26-25-36-20-8-2-9-21-36)31-14-5-4-13-30(31)28-37-22-10-3-11-23-37/h4-5,13-16,27,34H,1-3,6-12,17-26,28H2. The Balaban J connectivity index is 1.26. The molecule has 208 valence electrons. The largest absolute Gasteiger partial charge is 0.490 e. The van der Waals surface area contributed by atoms with Crippen molar-refractivity contribution in [1.29, 1.82) is 0 Å². The maximum Gasteiger partial charge on any atom is 0.143 e. The first-order valence-corrected chi connectivity index (χ1v) is 15.6. The lowest BCUT2D eigenvalue weighted by Gasteiger charge is -2.27. The van der Waals surface area contributed by atoms with E-state index in [9.17, 15) is 0 Å². The van der Waals surface area contributed by atoms with Gasteiger partial charge in [-0.3, -0.25) is 9.80 Å². The van der Waals surface area contributed by atoms with Gasteiger partial charge in [-0.25, -0.2) is 0 Å². The van der Waals surface area contributed by atoms with Gasteiger partial charge in [-0.1, -0.05) is 49.6 Å². The topological polar surface area (TPSA) is 31.0 Å². The maximum absolute atomic E-state index is 6.51. The molecule has 3 aliphatic heterocycles. The molecule has 3 aliphatic rings. The SMILES string of the molecule is c1ccc(-c2ccc(NCCCN3CCCCC3)c(OCCN3CCCCC3)c2)c(CN2CCCCC2)c1. The highest BCUT2D eigenvalue weighted by atomic mass is 16.5. The predicted molar refractivity (Wildman–Crippen MR) is 160 cm³/mol. The summed E-state index contributed by atoms with van der Waals surface area (Å²) < 4.78 is 6.51. The third-order valence-electron chi connectivity index (χ3n) is 8.68. The van der Waals surface area contributed by atoms with Gasteiger partial charge in [0, 0.05) is 19.6 Å². The lowest BCUT2D eigenvalue weighted by molar-refractivity contribution is 0.184. The van der Waals surface area contributed by atoms with E-state index in [4.69, 9.17) is 4.74 Å². The number of nitrogens with one attached hydrogen (secondary N) is 1. The number of ether oxygens (including phenoxy) is 1. The van der Waals surface area contributed by atoms with E-state index in [1.54, 1.807) is 0 Å². The van der Waals surface area contributed by atoms with E-state index in [0.29, 0.717) is 0 Å². The van der Waals surface area contributed by atoms with Gasteiger partial charge in [-0.2, -0.15) is 0 Å². The fraction of sp³-hybridized carbons (Fsp3) is 0.636. The predicted octanol–water partition coefficient (Wildman–Crippen LogP) is 6.49. The zero-order valence-corrected chi connectivity index (χ0v) is 23.6. The van der Waals surface area contributed by atoms with Crippen molar-refractivity contribution in [2.75, 3.05) is 70.8 Å². The second-order valence-electron chi connectivity index (χ2n) is 11.6. The number of rotatable bonds is 12. The Kier molecular flexibility index (Phi) is 10.8. The summed E-state index contributed by atoms with van der Waals surface area (Å²) in [5.41, 5.74) is 5.18. The Hall–Kier alpha value is -2.08. The van der Waals surface area contributed by atoms with Crippen LogP contribution < -0.4 is 10.1 Å². The lowest BCUT2D eigenvalue weighted by Crippen LogP contribution is -2.33. The Morgan fingerprint density at radius 2 is 1.29 bits per heavy atom. The fourth-order valence-corrected chi connectivity index (χ4v) is 6.43. The molecule has 0 unspecified atom stereocenters. The van der Waals surface area contributed by atoms with Gasteiger partial charge in [-0.15, -0.1) is 0 Å². The van der Waals surface area contributed by atoms with Crippen molar-refractivity contribution in [2.45, 2.75) is 70.8 Å². The van der Waals surface area contributed by atoms with Gasteiger partial charge in [0.15, 0.2) is 0 Å². The van der Waals surface area contributed by atoms with Crippen LogP contribution in [0.15, 0.2) is 42.5 Å². The molecule has 0 bridgehead atoms. The molecule has 5 heteroatoms. The van der Waals surface area contributed by atoms with E-state index in [2.05, 4.69) is 62.5 Å². The molecule has 5 rings (SSSR count). The van der Waals surface area contributed by atoms with Crippen LogP contribution in [-0.2, 0) is 6.54 Å². The van der Waals surface area contributed by atoms with Crippen LogP contribution in [0, 0.1) is 0 Å². The summed E-state index contributed by atoms with van der Waals surface area (Å²) in [4.78, 5) is 7.81. The summed E-state index contributed by atoms with van der Waals surface area (Å²) in [5.74, 6) is 1.00. The summed E-state index contributed by atoms with van der Waals surface area (Å²) >= 11 is 0. The van der Waals surface area contributed by atoms with E-state index < -0.39 is 0 Å². The summed E-state index contributed by atoms with van der Waals surface area (Å²) in [6.45, 7) is 12.4. The number of hydrogen-bond acceptors (Lipinski definition) is 5. The average molecular weight is 519 g/mol. The summed E-state index contributed by atoms with van der Waals surface area (Å²) in [6, 6.07) is 15.8. The zero-order valence-electron chi connectivity index (χ0n) is 23.6. The van der Waals surface area contributed by atoms with Gasteiger partial charge in [0.2, 0.25) is 0 Å². The van der Waals surface area contributed by atoms with E-state index >= 15 is 0 Å². The first kappa shape index (κ1) is 27.5.